The number of nitrogens with two attached hydrogens (primary N) is 1. The summed E-state index contributed by atoms with van der Waals surface area (Å²) in [7, 11) is 1.60. The molecule has 0 radical (unpaired) electrons. The number of nitrogens with zero attached hydrogens (tertiary/aromatic N) is 2. The number of methoxy groups -OCH3 is 1. The van der Waals surface area contributed by atoms with Gasteiger partial charge in [-0.1, -0.05) is 6.07 Å². The number of carbonyl (C=O) groups excluding carboxylic acids is 1. The first-order valence-corrected chi connectivity index (χ1v) is 10.2. The molecular weight excluding hydrogens is 372 g/mol. The lowest BCUT2D eigenvalue weighted by atomic mass is 10.0. The second-order valence-corrected chi connectivity index (χ2v) is 8.29. The van der Waals surface area contributed by atoms with E-state index in [0.717, 1.165) is 35.4 Å². The van der Waals surface area contributed by atoms with Gasteiger partial charge in [0.25, 0.3) is 5.91 Å². The first kappa shape index (κ1) is 18.7. The zero-order valence-electron chi connectivity index (χ0n) is 16.3. The standard InChI is InChI=1S/C21H24N4O2S/c1-12(2)25-8-7-17-13(11-25)9-16-18(22)19(28-21(16)24-17)20(26)23-14-5-4-6-15(10-14)27-3/h4-6,9-10,12H,7-8,11,22H2,1-3H3,(H,23,26). The Morgan fingerprint density at radius 1 is 1.36 bits per heavy atom. The van der Waals surface area contributed by atoms with Crippen LogP contribution in [-0.4, -0.2) is 35.5 Å². The van der Waals surface area contributed by atoms with Gasteiger partial charge in [0, 0.05) is 48.4 Å². The monoisotopic (exact) mass is 396 g/mol. The lowest BCUT2D eigenvalue weighted by Gasteiger charge is -2.31. The summed E-state index contributed by atoms with van der Waals surface area (Å²) in [5, 5.41) is 3.77. The van der Waals surface area contributed by atoms with Crippen molar-refractivity contribution in [3.05, 3.63) is 46.5 Å². The Kier molecular flexibility index (Phi) is 4.95. The van der Waals surface area contributed by atoms with Crippen molar-refractivity contribution in [2.75, 3.05) is 24.7 Å². The number of benzene rings is 1. The molecule has 0 saturated heterocycles. The van der Waals surface area contributed by atoms with Gasteiger partial charge in [-0.2, -0.15) is 0 Å². The Balaban J connectivity index is 1.65. The molecule has 3 aromatic rings. The van der Waals surface area contributed by atoms with E-state index in [2.05, 4.69) is 30.1 Å². The Labute approximate surface area is 168 Å². The van der Waals surface area contributed by atoms with Gasteiger partial charge >= 0.3 is 0 Å². The average Bonchev–Trinajstić information content (AvgIpc) is 3.01. The fraction of sp³-hybridized carbons (Fsp3) is 0.333. The third-order valence-corrected chi connectivity index (χ3v) is 6.28. The molecule has 3 N–H and O–H groups in total. The molecular formula is C21H24N4O2S. The van der Waals surface area contributed by atoms with Gasteiger partial charge in [0.2, 0.25) is 0 Å². The van der Waals surface area contributed by atoms with Crippen LogP contribution in [0.25, 0.3) is 10.2 Å². The van der Waals surface area contributed by atoms with Crippen molar-refractivity contribution < 1.29 is 9.53 Å². The number of thiophene rings is 1. The molecule has 0 bridgehead atoms. The SMILES string of the molecule is COc1cccc(NC(=O)c2sc3nc4c(cc3c2N)CN(C(C)C)CC4)c1. The molecule has 0 fully saturated rings. The predicted octanol–water partition coefficient (Wildman–Crippen LogP) is 3.91. The van der Waals surface area contributed by atoms with Gasteiger partial charge < -0.3 is 15.8 Å². The Morgan fingerprint density at radius 3 is 2.93 bits per heavy atom. The molecule has 0 saturated carbocycles. The Morgan fingerprint density at radius 2 is 2.18 bits per heavy atom. The highest BCUT2D eigenvalue weighted by Crippen LogP contribution is 2.35. The molecule has 6 nitrogen and oxygen atoms in total. The summed E-state index contributed by atoms with van der Waals surface area (Å²) < 4.78 is 5.21. The van der Waals surface area contributed by atoms with E-state index < -0.39 is 0 Å². The van der Waals surface area contributed by atoms with E-state index in [1.54, 1.807) is 13.2 Å². The van der Waals surface area contributed by atoms with Crippen molar-refractivity contribution in [3.63, 3.8) is 0 Å². The van der Waals surface area contributed by atoms with Crippen LogP contribution in [0.1, 0.15) is 34.8 Å². The number of ether oxygens (including phenoxy) is 1. The maximum atomic E-state index is 12.8. The Hall–Kier alpha value is -2.64. The number of nitrogens with one attached hydrogen (secondary N) is 1. The van der Waals surface area contributed by atoms with Crippen molar-refractivity contribution in [1.82, 2.24) is 9.88 Å². The number of pyridine rings is 1. The van der Waals surface area contributed by atoms with Crippen molar-refractivity contribution in [3.8, 4) is 5.75 Å². The summed E-state index contributed by atoms with van der Waals surface area (Å²) in [5.41, 5.74) is 9.84. The van der Waals surface area contributed by atoms with Gasteiger partial charge in [0.05, 0.1) is 12.8 Å². The summed E-state index contributed by atoms with van der Waals surface area (Å²) in [6.07, 6.45) is 0.923. The van der Waals surface area contributed by atoms with Crippen LogP contribution < -0.4 is 15.8 Å². The number of hydrogen-bond acceptors (Lipinski definition) is 6. The molecule has 0 unspecified atom stereocenters. The third-order valence-electron chi connectivity index (χ3n) is 5.16. The normalized spacial score (nSPS) is 14.3. The van der Waals surface area contributed by atoms with Crippen LogP contribution in [0.4, 0.5) is 11.4 Å². The summed E-state index contributed by atoms with van der Waals surface area (Å²) in [5.74, 6) is 0.460. The highest BCUT2D eigenvalue weighted by molar-refractivity contribution is 7.21. The lowest BCUT2D eigenvalue weighted by molar-refractivity contribution is 0.103. The summed E-state index contributed by atoms with van der Waals surface area (Å²) in [6.45, 7) is 6.29. The van der Waals surface area contributed by atoms with Crippen LogP contribution in [0.15, 0.2) is 30.3 Å². The molecule has 0 atom stereocenters. The van der Waals surface area contributed by atoms with Crippen LogP contribution in [0, 0.1) is 0 Å². The van der Waals surface area contributed by atoms with Gasteiger partial charge in [0.1, 0.15) is 15.5 Å². The minimum absolute atomic E-state index is 0.226. The van der Waals surface area contributed by atoms with Gasteiger partial charge in [0.15, 0.2) is 0 Å². The van der Waals surface area contributed by atoms with E-state index in [-0.39, 0.29) is 5.91 Å². The molecule has 7 heteroatoms. The van der Waals surface area contributed by atoms with Gasteiger partial charge in [-0.15, -0.1) is 11.3 Å². The van der Waals surface area contributed by atoms with Gasteiger partial charge in [-0.3, -0.25) is 9.69 Å². The molecule has 3 heterocycles. The summed E-state index contributed by atoms with van der Waals surface area (Å²) >= 11 is 1.35. The first-order chi connectivity index (χ1) is 13.5. The lowest BCUT2D eigenvalue weighted by Crippen LogP contribution is -2.36. The van der Waals surface area contributed by atoms with Crippen LogP contribution in [0.3, 0.4) is 0 Å². The van der Waals surface area contributed by atoms with E-state index in [1.807, 2.05) is 18.2 Å². The highest BCUT2D eigenvalue weighted by atomic mass is 32.1. The molecule has 1 aliphatic heterocycles. The molecule has 0 aliphatic carbocycles. The third kappa shape index (κ3) is 3.43. The largest absolute Gasteiger partial charge is 0.497 e. The van der Waals surface area contributed by atoms with E-state index in [9.17, 15) is 4.79 Å². The van der Waals surface area contributed by atoms with E-state index in [4.69, 9.17) is 15.5 Å². The second-order valence-electron chi connectivity index (χ2n) is 7.29. The minimum atomic E-state index is -0.226. The van der Waals surface area contributed by atoms with E-state index in [0.29, 0.717) is 28.0 Å². The topological polar surface area (TPSA) is 80.5 Å². The van der Waals surface area contributed by atoms with Crippen molar-refractivity contribution in [2.24, 2.45) is 0 Å². The Bertz CT molecular complexity index is 1040. The number of anilines is 2. The number of fused-ring (bicyclic) bond motifs is 2. The maximum Gasteiger partial charge on any atom is 0.267 e. The zero-order chi connectivity index (χ0) is 19.8. The fourth-order valence-electron chi connectivity index (χ4n) is 3.52. The fourth-order valence-corrected chi connectivity index (χ4v) is 4.51. The highest BCUT2D eigenvalue weighted by Gasteiger charge is 2.23. The number of nitrogen functional groups attached to an aromatic ring is 1. The summed E-state index contributed by atoms with van der Waals surface area (Å²) in [6, 6.07) is 9.87. The maximum absolute atomic E-state index is 12.8. The van der Waals surface area contributed by atoms with Gasteiger partial charge in [-0.25, -0.2) is 4.98 Å². The average molecular weight is 397 g/mol. The van der Waals surface area contributed by atoms with Crippen molar-refractivity contribution in [2.45, 2.75) is 32.9 Å². The molecule has 146 valence electrons. The number of hydrogen-bond donors (Lipinski definition) is 2. The zero-order valence-corrected chi connectivity index (χ0v) is 17.1. The van der Waals surface area contributed by atoms with Crippen LogP contribution in [0.2, 0.25) is 0 Å². The van der Waals surface area contributed by atoms with Crippen molar-refractivity contribution >= 4 is 38.8 Å². The molecule has 2 aromatic heterocycles. The van der Waals surface area contributed by atoms with Crippen LogP contribution >= 0.6 is 11.3 Å². The number of aromatic nitrogens is 1. The first-order valence-electron chi connectivity index (χ1n) is 9.36. The van der Waals surface area contributed by atoms with Crippen LogP contribution in [-0.2, 0) is 13.0 Å². The number of amides is 1. The quantitative estimate of drug-likeness (QED) is 0.699. The molecule has 0 spiro atoms. The van der Waals surface area contributed by atoms with E-state index in [1.165, 1.54) is 16.9 Å². The van der Waals surface area contributed by atoms with Crippen LogP contribution in [0.5, 0.6) is 5.75 Å². The number of rotatable bonds is 4. The molecule has 1 aliphatic rings. The predicted molar refractivity (Wildman–Crippen MR) is 114 cm³/mol. The van der Waals surface area contributed by atoms with Gasteiger partial charge in [-0.05, 0) is 37.6 Å². The molecule has 28 heavy (non-hydrogen) atoms. The molecule has 1 aromatic carbocycles. The van der Waals surface area contributed by atoms with Crippen molar-refractivity contribution in [1.29, 1.82) is 0 Å². The minimum Gasteiger partial charge on any atom is -0.497 e. The molecule has 4 rings (SSSR count). The second kappa shape index (κ2) is 7.41. The number of carbonyl (C=O) groups is 1. The van der Waals surface area contributed by atoms with E-state index >= 15 is 0 Å². The molecule has 1 amide bonds. The summed E-state index contributed by atoms with van der Waals surface area (Å²) in [4.78, 5) is 21.4. The smallest absolute Gasteiger partial charge is 0.267 e.